The molecule has 0 aliphatic carbocycles. The Morgan fingerprint density at radius 2 is 2.14 bits per heavy atom. The van der Waals surface area contributed by atoms with E-state index in [9.17, 15) is 4.79 Å². The van der Waals surface area contributed by atoms with E-state index in [1.165, 1.54) is 0 Å². The summed E-state index contributed by atoms with van der Waals surface area (Å²) < 4.78 is 10.9. The average Bonchev–Trinajstić information content (AvgIpc) is 2.51. The van der Waals surface area contributed by atoms with E-state index in [4.69, 9.17) is 15.9 Å². The van der Waals surface area contributed by atoms with Gasteiger partial charge in [0, 0.05) is 11.8 Å². The van der Waals surface area contributed by atoms with Gasteiger partial charge in [0.2, 0.25) is 5.91 Å². The smallest absolute Gasteiger partial charge is 0.238 e. The van der Waals surface area contributed by atoms with Crippen molar-refractivity contribution >= 4 is 11.6 Å². The summed E-state index contributed by atoms with van der Waals surface area (Å²) in [4.78, 5) is 11.9. The number of rotatable bonds is 6. The van der Waals surface area contributed by atoms with Gasteiger partial charge in [-0.05, 0) is 18.6 Å². The van der Waals surface area contributed by atoms with E-state index in [0.29, 0.717) is 30.4 Å². The molecule has 0 saturated heterocycles. The van der Waals surface area contributed by atoms with Crippen LogP contribution in [0, 0.1) is 12.3 Å². The molecule has 0 aromatic heterocycles. The number of nitrogens with one attached hydrogen (secondary N) is 2. The number of carbonyl (C=O) groups is 1. The number of fused-ring (bicyclic) bond motifs is 1. The topological polar surface area (TPSA) is 59.6 Å². The van der Waals surface area contributed by atoms with Crippen LogP contribution in [0.15, 0.2) is 18.2 Å². The van der Waals surface area contributed by atoms with Gasteiger partial charge in [-0.3, -0.25) is 10.1 Å². The molecule has 2 N–H and O–H groups in total. The zero-order valence-corrected chi connectivity index (χ0v) is 12.1. The molecule has 1 aliphatic heterocycles. The minimum absolute atomic E-state index is 0.0685. The molecule has 2 rings (SSSR count). The summed E-state index contributed by atoms with van der Waals surface area (Å²) in [5.41, 5.74) is 0.679. The van der Waals surface area contributed by atoms with Gasteiger partial charge < -0.3 is 14.8 Å². The van der Waals surface area contributed by atoms with Crippen LogP contribution >= 0.6 is 0 Å². The molecule has 112 valence electrons. The van der Waals surface area contributed by atoms with Gasteiger partial charge in [0.05, 0.1) is 12.6 Å². The number of terminal acetylenes is 1. The average molecular weight is 288 g/mol. The first-order valence-electron chi connectivity index (χ1n) is 7.12. The molecule has 1 unspecified atom stereocenters. The largest absolute Gasteiger partial charge is 0.486 e. The van der Waals surface area contributed by atoms with Crippen LogP contribution in [-0.2, 0) is 4.79 Å². The van der Waals surface area contributed by atoms with Gasteiger partial charge in [0.1, 0.15) is 13.2 Å². The van der Waals surface area contributed by atoms with Crippen molar-refractivity contribution in [2.75, 3.05) is 25.1 Å². The molecular formula is C16H20N2O3. The van der Waals surface area contributed by atoms with Crippen molar-refractivity contribution in [1.82, 2.24) is 5.32 Å². The molecule has 5 heteroatoms. The second kappa shape index (κ2) is 7.55. The molecule has 1 amide bonds. The molecule has 0 radical (unpaired) electrons. The molecule has 0 fully saturated rings. The van der Waals surface area contributed by atoms with Gasteiger partial charge in [-0.2, -0.15) is 0 Å². The van der Waals surface area contributed by atoms with Crippen molar-refractivity contribution < 1.29 is 14.3 Å². The van der Waals surface area contributed by atoms with Crippen molar-refractivity contribution in [2.24, 2.45) is 0 Å². The van der Waals surface area contributed by atoms with E-state index in [2.05, 4.69) is 23.5 Å². The Labute approximate surface area is 125 Å². The maximum atomic E-state index is 11.9. The minimum atomic E-state index is -0.136. The highest BCUT2D eigenvalue weighted by Gasteiger charge is 2.13. The van der Waals surface area contributed by atoms with Crippen LogP contribution in [0.3, 0.4) is 0 Å². The van der Waals surface area contributed by atoms with Crippen molar-refractivity contribution in [3.63, 3.8) is 0 Å². The van der Waals surface area contributed by atoms with E-state index in [1.54, 1.807) is 18.2 Å². The van der Waals surface area contributed by atoms with Gasteiger partial charge in [0.25, 0.3) is 0 Å². The first-order chi connectivity index (χ1) is 10.2. The first kappa shape index (κ1) is 15.2. The van der Waals surface area contributed by atoms with Crippen LogP contribution in [-0.4, -0.2) is 31.7 Å². The molecular weight excluding hydrogens is 268 g/mol. The first-order valence-corrected chi connectivity index (χ1v) is 7.12. The second-order valence-electron chi connectivity index (χ2n) is 4.80. The maximum Gasteiger partial charge on any atom is 0.238 e. The summed E-state index contributed by atoms with van der Waals surface area (Å²) in [5, 5.41) is 5.86. The zero-order valence-electron chi connectivity index (χ0n) is 12.1. The van der Waals surface area contributed by atoms with Crippen molar-refractivity contribution in [1.29, 1.82) is 0 Å². The predicted molar refractivity (Wildman–Crippen MR) is 81.6 cm³/mol. The number of carbonyl (C=O) groups excluding carboxylic acids is 1. The lowest BCUT2D eigenvalue weighted by Crippen LogP contribution is -2.35. The lowest BCUT2D eigenvalue weighted by atomic mass is 10.2. The number of anilines is 1. The lowest BCUT2D eigenvalue weighted by Gasteiger charge is -2.19. The van der Waals surface area contributed by atoms with Crippen LogP contribution in [0.2, 0.25) is 0 Å². The molecule has 1 heterocycles. The molecule has 0 spiro atoms. The Balaban J connectivity index is 1.86. The number of ether oxygens (including phenoxy) is 2. The Morgan fingerprint density at radius 1 is 1.38 bits per heavy atom. The third-order valence-corrected chi connectivity index (χ3v) is 3.11. The highest BCUT2D eigenvalue weighted by molar-refractivity contribution is 5.92. The van der Waals surface area contributed by atoms with Gasteiger partial charge in [-0.25, -0.2) is 0 Å². The summed E-state index contributed by atoms with van der Waals surface area (Å²) >= 11 is 0. The summed E-state index contributed by atoms with van der Waals surface area (Å²) in [5.74, 6) is 3.85. The SMILES string of the molecule is C#CC(CCC)NCC(=O)Nc1ccc2c(c1)OCCO2. The summed E-state index contributed by atoms with van der Waals surface area (Å²) in [7, 11) is 0. The maximum absolute atomic E-state index is 11.9. The van der Waals surface area contributed by atoms with Crippen LogP contribution in [0.4, 0.5) is 5.69 Å². The van der Waals surface area contributed by atoms with Crippen LogP contribution < -0.4 is 20.1 Å². The molecule has 0 saturated carbocycles. The van der Waals surface area contributed by atoms with Crippen LogP contribution in [0.5, 0.6) is 11.5 Å². The second-order valence-corrected chi connectivity index (χ2v) is 4.80. The molecule has 0 bridgehead atoms. The number of amides is 1. The summed E-state index contributed by atoms with van der Waals surface area (Å²) in [6.45, 7) is 3.31. The van der Waals surface area contributed by atoms with E-state index >= 15 is 0 Å². The lowest BCUT2D eigenvalue weighted by molar-refractivity contribution is -0.115. The standard InChI is InChI=1S/C16H20N2O3/c1-3-5-12(4-2)17-11-16(19)18-13-6-7-14-15(10-13)21-9-8-20-14/h2,6-7,10,12,17H,3,5,8-9,11H2,1H3,(H,18,19). The number of hydrogen-bond acceptors (Lipinski definition) is 4. The number of benzene rings is 1. The Kier molecular flexibility index (Phi) is 5.47. The zero-order chi connectivity index (χ0) is 15.1. The highest BCUT2D eigenvalue weighted by atomic mass is 16.6. The normalized spacial score (nSPS) is 14.1. The molecule has 1 aromatic rings. The molecule has 5 nitrogen and oxygen atoms in total. The third-order valence-electron chi connectivity index (χ3n) is 3.11. The van der Waals surface area contributed by atoms with E-state index in [1.807, 2.05) is 0 Å². The fourth-order valence-electron chi connectivity index (χ4n) is 2.08. The van der Waals surface area contributed by atoms with Gasteiger partial charge in [-0.15, -0.1) is 6.42 Å². The third kappa shape index (κ3) is 4.40. The number of hydrogen-bond donors (Lipinski definition) is 2. The fourth-order valence-corrected chi connectivity index (χ4v) is 2.08. The molecule has 1 atom stereocenters. The van der Waals surface area contributed by atoms with E-state index < -0.39 is 0 Å². The van der Waals surface area contributed by atoms with Gasteiger partial charge in [0.15, 0.2) is 11.5 Å². The monoisotopic (exact) mass is 288 g/mol. The van der Waals surface area contributed by atoms with Gasteiger partial charge in [-0.1, -0.05) is 19.3 Å². The van der Waals surface area contributed by atoms with Crippen LogP contribution in [0.25, 0.3) is 0 Å². The van der Waals surface area contributed by atoms with E-state index in [0.717, 1.165) is 12.8 Å². The van der Waals surface area contributed by atoms with Crippen molar-refractivity contribution in [3.8, 4) is 23.8 Å². The minimum Gasteiger partial charge on any atom is -0.486 e. The molecule has 21 heavy (non-hydrogen) atoms. The van der Waals surface area contributed by atoms with Crippen molar-refractivity contribution in [2.45, 2.75) is 25.8 Å². The molecule has 1 aromatic carbocycles. The molecule has 1 aliphatic rings. The van der Waals surface area contributed by atoms with Gasteiger partial charge >= 0.3 is 0 Å². The highest BCUT2D eigenvalue weighted by Crippen LogP contribution is 2.32. The van der Waals surface area contributed by atoms with Crippen LogP contribution in [0.1, 0.15) is 19.8 Å². The Bertz CT molecular complexity index is 537. The van der Waals surface area contributed by atoms with Crippen molar-refractivity contribution in [3.05, 3.63) is 18.2 Å². The fraction of sp³-hybridized carbons (Fsp3) is 0.438. The quantitative estimate of drug-likeness (QED) is 0.784. The Morgan fingerprint density at radius 3 is 2.86 bits per heavy atom. The summed E-state index contributed by atoms with van der Waals surface area (Å²) in [6.07, 6.45) is 7.23. The Hall–Kier alpha value is -2.19. The summed E-state index contributed by atoms with van der Waals surface area (Å²) in [6, 6.07) is 5.27. The predicted octanol–water partition coefficient (Wildman–Crippen LogP) is 1.79. The van der Waals surface area contributed by atoms with E-state index in [-0.39, 0.29) is 18.5 Å².